The SMILES string of the molecule is C/C=C\CNC(=O)c1cnc2c(c1)OCCN2c1ccc(C(=O)O)cc1. The molecule has 0 spiro atoms. The van der Waals surface area contributed by atoms with E-state index in [0.717, 1.165) is 5.69 Å². The van der Waals surface area contributed by atoms with Crippen molar-refractivity contribution in [1.29, 1.82) is 0 Å². The Balaban J connectivity index is 1.83. The van der Waals surface area contributed by atoms with Crippen molar-refractivity contribution in [3.63, 3.8) is 0 Å². The van der Waals surface area contributed by atoms with E-state index in [-0.39, 0.29) is 11.5 Å². The Morgan fingerprint density at radius 2 is 2.08 bits per heavy atom. The first-order valence-electron chi connectivity index (χ1n) is 8.23. The average Bonchev–Trinajstić information content (AvgIpc) is 2.67. The quantitative estimate of drug-likeness (QED) is 0.803. The molecule has 2 heterocycles. The lowest BCUT2D eigenvalue weighted by molar-refractivity contribution is 0.0696. The Morgan fingerprint density at radius 3 is 2.77 bits per heavy atom. The number of ether oxygens (including phenoxy) is 1. The van der Waals surface area contributed by atoms with Gasteiger partial charge in [0.2, 0.25) is 0 Å². The zero-order valence-corrected chi connectivity index (χ0v) is 14.3. The van der Waals surface area contributed by atoms with Gasteiger partial charge in [0, 0.05) is 18.4 Å². The molecule has 0 unspecified atom stereocenters. The number of rotatable bonds is 5. The van der Waals surface area contributed by atoms with Gasteiger partial charge in [0.15, 0.2) is 11.6 Å². The number of pyridine rings is 1. The number of amides is 1. The Bertz CT molecular complexity index is 846. The summed E-state index contributed by atoms with van der Waals surface area (Å²) in [5.41, 5.74) is 1.47. The van der Waals surface area contributed by atoms with Gasteiger partial charge in [0.25, 0.3) is 5.91 Å². The number of carbonyl (C=O) groups is 2. The van der Waals surface area contributed by atoms with Crippen molar-refractivity contribution >= 4 is 23.4 Å². The van der Waals surface area contributed by atoms with E-state index in [2.05, 4.69) is 10.3 Å². The predicted molar refractivity (Wildman–Crippen MR) is 97.3 cm³/mol. The summed E-state index contributed by atoms with van der Waals surface area (Å²) in [6, 6.07) is 8.24. The van der Waals surface area contributed by atoms with Crippen molar-refractivity contribution in [2.24, 2.45) is 0 Å². The van der Waals surface area contributed by atoms with Crippen molar-refractivity contribution < 1.29 is 19.4 Å². The molecule has 0 fully saturated rings. The number of carbonyl (C=O) groups excluding carboxylic acids is 1. The number of carboxylic acids is 1. The van der Waals surface area contributed by atoms with Crippen LogP contribution >= 0.6 is 0 Å². The summed E-state index contributed by atoms with van der Waals surface area (Å²) in [5.74, 6) is -0.0582. The molecular weight excluding hydrogens is 334 g/mol. The van der Waals surface area contributed by atoms with Crippen LogP contribution in [0.4, 0.5) is 11.5 Å². The van der Waals surface area contributed by atoms with Gasteiger partial charge in [-0.2, -0.15) is 0 Å². The molecular formula is C19H19N3O4. The van der Waals surface area contributed by atoms with Gasteiger partial charge in [-0.15, -0.1) is 0 Å². The molecule has 1 amide bonds. The molecule has 0 saturated heterocycles. The van der Waals surface area contributed by atoms with Crippen LogP contribution in [-0.2, 0) is 0 Å². The molecule has 1 aliphatic heterocycles. The molecule has 0 saturated carbocycles. The maximum Gasteiger partial charge on any atom is 0.335 e. The number of allylic oxidation sites excluding steroid dienone is 1. The van der Waals surface area contributed by atoms with Gasteiger partial charge in [-0.1, -0.05) is 12.2 Å². The van der Waals surface area contributed by atoms with Crippen LogP contribution in [0.3, 0.4) is 0 Å². The van der Waals surface area contributed by atoms with Crippen LogP contribution in [0.1, 0.15) is 27.6 Å². The van der Waals surface area contributed by atoms with Crippen LogP contribution < -0.4 is 15.0 Å². The van der Waals surface area contributed by atoms with E-state index in [0.29, 0.717) is 36.8 Å². The number of fused-ring (bicyclic) bond motifs is 1. The van der Waals surface area contributed by atoms with Crippen LogP contribution in [0.25, 0.3) is 0 Å². The minimum absolute atomic E-state index is 0.218. The number of aromatic carboxylic acids is 1. The smallest absolute Gasteiger partial charge is 0.335 e. The van der Waals surface area contributed by atoms with E-state index in [9.17, 15) is 9.59 Å². The topological polar surface area (TPSA) is 91.8 Å². The van der Waals surface area contributed by atoms with Crippen LogP contribution in [0.5, 0.6) is 5.75 Å². The lowest BCUT2D eigenvalue weighted by Crippen LogP contribution is -2.30. The van der Waals surface area contributed by atoms with Gasteiger partial charge >= 0.3 is 5.97 Å². The minimum atomic E-state index is -0.967. The largest absolute Gasteiger partial charge is 0.488 e. The van der Waals surface area contributed by atoms with Gasteiger partial charge < -0.3 is 20.1 Å². The summed E-state index contributed by atoms with van der Waals surface area (Å²) < 4.78 is 5.66. The number of anilines is 2. The van der Waals surface area contributed by atoms with E-state index in [1.54, 1.807) is 30.3 Å². The number of hydrogen-bond acceptors (Lipinski definition) is 5. The highest BCUT2D eigenvalue weighted by molar-refractivity contribution is 5.95. The summed E-state index contributed by atoms with van der Waals surface area (Å²) in [6.45, 7) is 3.37. The molecule has 2 N–H and O–H groups in total. The second-order valence-electron chi connectivity index (χ2n) is 5.68. The van der Waals surface area contributed by atoms with Crippen LogP contribution in [0.15, 0.2) is 48.7 Å². The molecule has 1 aromatic heterocycles. The third kappa shape index (κ3) is 3.66. The van der Waals surface area contributed by atoms with Crippen molar-refractivity contribution in [1.82, 2.24) is 10.3 Å². The second-order valence-corrected chi connectivity index (χ2v) is 5.68. The fraction of sp³-hybridized carbons (Fsp3) is 0.211. The van der Waals surface area contributed by atoms with Gasteiger partial charge in [-0.25, -0.2) is 9.78 Å². The lowest BCUT2D eigenvalue weighted by Gasteiger charge is -2.30. The molecule has 2 aromatic rings. The minimum Gasteiger partial charge on any atom is -0.488 e. The normalized spacial score (nSPS) is 13.2. The van der Waals surface area contributed by atoms with E-state index < -0.39 is 5.97 Å². The second kappa shape index (κ2) is 7.69. The monoisotopic (exact) mass is 353 g/mol. The van der Waals surface area contributed by atoms with Gasteiger partial charge in [0.05, 0.1) is 17.7 Å². The highest BCUT2D eigenvalue weighted by Crippen LogP contribution is 2.35. The number of aromatic nitrogens is 1. The zero-order valence-electron chi connectivity index (χ0n) is 14.3. The summed E-state index contributed by atoms with van der Waals surface area (Å²) in [7, 11) is 0. The van der Waals surface area contributed by atoms with E-state index in [1.807, 2.05) is 24.0 Å². The molecule has 7 heteroatoms. The molecule has 1 aromatic carbocycles. The highest BCUT2D eigenvalue weighted by atomic mass is 16.5. The van der Waals surface area contributed by atoms with Gasteiger partial charge in [-0.3, -0.25) is 4.79 Å². The number of benzene rings is 1. The van der Waals surface area contributed by atoms with E-state index in [1.165, 1.54) is 6.20 Å². The van der Waals surface area contributed by atoms with Gasteiger partial charge in [0.1, 0.15) is 6.61 Å². The van der Waals surface area contributed by atoms with Crippen LogP contribution in [0, 0.1) is 0 Å². The van der Waals surface area contributed by atoms with E-state index >= 15 is 0 Å². The van der Waals surface area contributed by atoms with Crippen molar-refractivity contribution in [3.8, 4) is 5.75 Å². The lowest BCUT2D eigenvalue weighted by atomic mass is 10.1. The third-order valence-electron chi connectivity index (χ3n) is 3.97. The molecule has 0 radical (unpaired) electrons. The summed E-state index contributed by atoms with van der Waals surface area (Å²) >= 11 is 0. The zero-order chi connectivity index (χ0) is 18.5. The molecule has 134 valence electrons. The maximum absolute atomic E-state index is 12.1. The molecule has 0 aliphatic carbocycles. The molecule has 1 aliphatic rings. The van der Waals surface area contributed by atoms with Crippen molar-refractivity contribution in [2.45, 2.75) is 6.92 Å². The maximum atomic E-state index is 12.1. The summed E-state index contributed by atoms with van der Waals surface area (Å²) in [4.78, 5) is 29.5. The molecule has 3 rings (SSSR count). The number of nitrogens with zero attached hydrogens (tertiary/aromatic N) is 2. The molecule has 7 nitrogen and oxygen atoms in total. The van der Waals surface area contributed by atoms with E-state index in [4.69, 9.17) is 9.84 Å². The first-order valence-corrected chi connectivity index (χ1v) is 8.23. The van der Waals surface area contributed by atoms with Crippen LogP contribution in [-0.4, -0.2) is 41.7 Å². The van der Waals surface area contributed by atoms with Crippen LogP contribution in [0.2, 0.25) is 0 Å². The third-order valence-corrected chi connectivity index (χ3v) is 3.97. The van der Waals surface area contributed by atoms with Crippen molar-refractivity contribution in [3.05, 3.63) is 59.8 Å². The number of hydrogen-bond donors (Lipinski definition) is 2. The standard InChI is InChI=1S/C19H19N3O4/c1-2-3-8-20-18(23)14-11-16-17(21-12-14)22(9-10-26-16)15-6-4-13(5-7-15)19(24)25/h2-7,11-12H,8-10H2,1H3,(H,20,23)(H,24,25)/b3-2-. The summed E-state index contributed by atoms with van der Waals surface area (Å²) in [6.07, 6.45) is 5.22. The Morgan fingerprint density at radius 1 is 1.31 bits per heavy atom. The Hall–Kier alpha value is -3.35. The highest BCUT2D eigenvalue weighted by Gasteiger charge is 2.22. The predicted octanol–water partition coefficient (Wildman–Crippen LogP) is 2.62. The first-order chi connectivity index (χ1) is 12.6. The fourth-order valence-corrected chi connectivity index (χ4v) is 2.63. The van der Waals surface area contributed by atoms with Gasteiger partial charge in [-0.05, 0) is 37.3 Å². The van der Waals surface area contributed by atoms with Crippen molar-refractivity contribution in [2.75, 3.05) is 24.6 Å². The fourth-order valence-electron chi connectivity index (χ4n) is 2.63. The summed E-state index contributed by atoms with van der Waals surface area (Å²) in [5, 5.41) is 11.8. The number of nitrogens with one attached hydrogen (secondary N) is 1. The average molecular weight is 353 g/mol. The Labute approximate surface area is 150 Å². The molecule has 0 atom stereocenters. The molecule has 0 bridgehead atoms. The molecule has 26 heavy (non-hydrogen) atoms. The number of carboxylic acid groups (broad SMARTS) is 1. The first kappa shape index (κ1) is 17.5. The Kier molecular flexibility index (Phi) is 5.17.